The van der Waals surface area contributed by atoms with E-state index in [4.69, 9.17) is 0 Å². The monoisotopic (exact) mass is 153 g/mol. The summed E-state index contributed by atoms with van der Waals surface area (Å²) in [7, 11) is 0. The Bertz CT molecular complexity index is 112. The van der Waals surface area contributed by atoms with Crippen LogP contribution in [0.5, 0.6) is 0 Å². The number of rotatable bonds is 3. The summed E-state index contributed by atoms with van der Waals surface area (Å²) in [6.45, 7) is 3.06. The summed E-state index contributed by atoms with van der Waals surface area (Å²) in [5.74, 6) is 0.993. The molecule has 0 atom stereocenters. The van der Waals surface area contributed by atoms with Crippen molar-refractivity contribution in [3.05, 3.63) is 0 Å². The molecule has 0 saturated heterocycles. The fourth-order valence-corrected chi connectivity index (χ4v) is 1.86. The summed E-state index contributed by atoms with van der Waals surface area (Å²) in [6, 6.07) is 0. The minimum atomic E-state index is 0.993. The molecule has 11 heavy (non-hydrogen) atoms. The molecular formula is C10H19N. The van der Waals surface area contributed by atoms with Crippen LogP contribution in [0, 0.1) is 5.92 Å². The zero-order valence-electron chi connectivity index (χ0n) is 7.55. The Morgan fingerprint density at radius 3 is 2.64 bits per heavy atom. The second-order valence-corrected chi connectivity index (χ2v) is 3.46. The Balaban J connectivity index is 2.04. The Hall–Kier alpha value is -0.330. The van der Waals surface area contributed by atoms with E-state index in [9.17, 15) is 0 Å². The second kappa shape index (κ2) is 5.34. The van der Waals surface area contributed by atoms with Crippen LogP contribution in [0.1, 0.15) is 45.4 Å². The Morgan fingerprint density at radius 1 is 1.27 bits per heavy atom. The second-order valence-electron chi connectivity index (χ2n) is 3.46. The van der Waals surface area contributed by atoms with E-state index >= 15 is 0 Å². The van der Waals surface area contributed by atoms with Gasteiger partial charge >= 0.3 is 0 Å². The highest BCUT2D eigenvalue weighted by Gasteiger charge is 2.11. The van der Waals surface area contributed by atoms with Gasteiger partial charge in [-0.2, -0.15) is 0 Å². The van der Waals surface area contributed by atoms with Gasteiger partial charge in [0.1, 0.15) is 0 Å². The van der Waals surface area contributed by atoms with Gasteiger partial charge in [-0.25, -0.2) is 0 Å². The molecule has 0 heterocycles. The van der Waals surface area contributed by atoms with Crippen LogP contribution in [0.4, 0.5) is 0 Å². The molecule has 1 rings (SSSR count). The van der Waals surface area contributed by atoms with Crippen LogP contribution < -0.4 is 0 Å². The van der Waals surface area contributed by atoms with Gasteiger partial charge in [0.2, 0.25) is 0 Å². The summed E-state index contributed by atoms with van der Waals surface area (Å²) in [4.78, 5) is 4.24. The van der Waals surface area contributed by atoms with Crippen LogP contribution in [-0.2, 0) is 0 Å². The van der Waals surface area contributed by atoms with Crippen molar-refractivity contribution in [2.24, 2.45) is 10.9 Å². The SMILES string of the molecule is CC=NCCC1CCCCC1. The zero-order chi connectivity index (χ0) is 7.94. The Labute approximate surface area is 69.9 Å². The fraction of sp³-hybridized carbons (Fsp3) is 0.900. The van der Waals surface area contributed by atoms with Gasteiger partial charge in [-0.1, -0.05) is 32.1 Å². The largest absolute Gasteiger partial charge is 0.298 e. The molecule has 0 amide bonds. The molecule has 1 heteroatoms. The van der Waals surface area contributed by atoms with Crippen LogP contribution in [-0.4, -0.2) is 12.8 Å². The van der Waals surface area contributed by atoms with Gasteiger partial charge in [0.25, 0.3) is 0 Å². The molecular weight excluding hydrogens is 134 g/mol. The first-order valence-corrected chi connectivity index (χ1v) is 4.88. The minimum Gasteiger partial charge on any atom is -0.298 e. The summed E-state index contributed by atoms with van der Waals surface area (Å²) in [5, 5.41) is 0. The predicted octanol–water partition coefficient (Wildman–Crippen LogP) is 3.05. The third kappa shape index (κ3) is 3.54. The van der Waals surface area contributed by atoms with E-state index in [1.165, 1.54) is 38.5 Å². The highest BCUT2D eigenvalue weighted by Crippen LogP contribution is 2.25. The Morgan fingerprint density at radius 2 is 2.00 bits per heavy atom. The van der Waals surface area contributed by atoms with Gasteiger partial charge < -0.3 is 0 Å². The first kappa shape index (κ1) is 8.76. The van der Waals surface area contributed by atoms with Crippen molar-refractivity contribution in [2.75, 3.05) is 6.54 Å². The quantitative estimate of drug-likeness (QED) is 0.553. The molecule has 0 N–H and O–H groups in total. The van der Waals surface area contributed by atoms with Crippen molar-refractivity contribution in [1.29, 1.82) is 0 Å². The Kier molecular flexibility index (Phi) is 4.25. The van der Waals surface area contributed by atoms with E-state index in [2.05, 4.69) is 4.99 Å². The maximum Gasteiger partial charge on any atom is 0.0387 e. The average molecular weight is 153 g/mol. The van der Waals surface area contributed by atoms with Crippen molar-refractivity contribution < 1.29 is 0 Å². The average Bonchev–Trinajstić information content (AvgIpc) is 2.07. The molecule has 0 aromatic carbocycles. The van der Waals surface area contributed by atoms with E-state index < -0.39 is 0 Å². The molecule has 0 bridgehead atoms. The fourth-order valence-electron chi connectivity index (χ4n) is 1.86. The van der Waals surface area contributed by atoms with Crippen LogP contribution in [0.15, 0.2) is 4.99 Å². The lowest BCUT2D eigenvalue weighted by atomic mass is 9.87. The highest BCUT2D eigenvalue weighted by molar-refractivity contribution is 5.53. The van der Waals surface area contributed by atoms with E-state index in [0.29, 0.717) is 0 Å². The van der Waals surface area contributed by atoms with Gasteiger partial charge in [-0.3, -0.25) is 4.99 Å². The van der Waals surface area contributed by atoms with Crippen molar-refractivity contribution >= 4 is 6.21 Å². The summed E-state index contributed by atoms with van der Waals surface area (Å²) >= 11 is 0. The predicted molar refractivity (Wildman–Crippen MR) is 50.2 cm³/mol. The number of aliphatic imine (C=N–C) groups is 1. The molecule has 0 radical (unpaired) electrons. The third-order valence-corrected chi connectivity index (χ3v) is 2.57. The zero-order valence-corrected chi connectivity index (χ0v) is 7.55. The van der Waals surface area contributed by atoms with E-state index in [0.717, 1.165) is 12.5 Å². The van der Waals surface area contributed by atoms with Crippen LogP contribution in [0.2, 0.25) is 0 Å². The lowest BCUT2D eigenvalue weighted by Gasteiger charge is -2.20. The molecule has 64 valence electrons. The normalized spacial score (nSPS) is 21.2. The lowest BCUT2D eigenvalue weighted by molar-refractivity contribution is 0.343. The van der Waals surface area contributed by atoms with Gasteiger partial charge in [-0.15, -0.1) is 0 Å². The summed E-state index contributed by atoms with van der Waals surface area (Å²) in [5.41, 5.74) is 0. The van der Waals surface area contributed by atoms with E-state index in [1.807, 2.05) is 13.1 Å². The maximum absolute atomic E-state index is 4.24. The molecule has 0 aliphatic heterocycles. The lowest BCUT2D eigenvalue weighted by Crippen LogP contribution is -2.07. The molecule has 1 fully saturated rings. The maximum atomic E-state index is 4.24. The molecule has 0 aromatic rings. The summed E-state index contributed by atoms with van der Waals surface area (Å²) < 4.78 is 0. The van der Waals surface area contributed by atoms with Gasteiger partial charge in [0.05, 0.1) is 0 Å². The number of hydrogen-bond donors (Lipinski definition) is 0. The molecule has 0 aromatic heterocycles. The van der Waals surface area contributed by atoms with Gasteiger partial charge in [-0.05, 0) is 25.5 Å². The summed E-state index contributed by atoms with van der Waals surface area (Å²) in [6.07, 6.45) is 10.5. The molecule has 1 aliphatic carbocycles. The first-order valence-electron chi connectivity index (χ1n) is 4.88. The highest BCUT2D eigenvalue weighted by atomic mass is 14.7. The van der Waals surface area contributed by atoms with Crippen molar-refractivity contribution in [1.82, 2.24) is 0 Å². The molecule has 0 unspecified atom stereocenters. The van der Waals surface area contributed by atoms with Gasteiger partial charge in [0, 0.05) is 6.54 Å². The molecule has 1 aliphatic rings. The van der Waals surface area contributed by atoms with Crippen molar-refractivity contribution in [2.45, 2.75) is 45.4 Å². The number of nitrogens with zero attached hydrogens (tertiary/aromatic N) is 1. The third-order valence-electron chi connectivity index (χ3n) is 2.57. The topological polar surface area (TPSA) is 12.4 Å². The standard InChI is InChI=1S/C10H19N/c1-2-11-9-8-10-6-4-3-5-7-10/h2,10H,3-9H2,1H3. The van der Waals surface area contributed by atoms with Crippen LogP contribution in [0.25, 0.3) is 0 Å². The smallest absolute Gasteiger partial charge is 0.0387 e. The minimum absolute atomic E-state index is 0.993. The van der Waals surface area contributed by atoms with Crippen molar-refractivity contribution in [3.63, 3.8) is 0 Å². The van der Waals surface area contributed by atoms with Gasteiger partial charge in [0.15, 0.2) is 0 Å². The first-order chi connectivity index (χ1) is 5.43. The van der Waals surface area contributed by atoms with E-state index in [-0.39, 0.29) is 0 Å². The van der Waals surface area contributed by atoms with Crippen LogP contribution >= 0.6 is 0 Å². The molecule has 1 saturated carbocycles. The molecule has 1 nitrogen and oxygen atoms in total. The van der Waals surface area contributed by atoms with E-state index in [1.54, 1.807) is 0 Å². The molecule has 0 spiro atoms. The van der Waals surface area contributed by atoms with Crippen LogP contribution in [0.3, 0.4) is 0 Å². The number of hydrogen-bond acceptors (Lipinski definition) is 1. The van der Waals surface area contributed by atoms with Crippen molar-refractivity contribution in [3.8, 4) is 0 Å².